The Hall–Kier alpha value is -3.45. The second-order valence-corrected chi connectivity index (χ2v) is 9.48. The Morgan fingerprint density at radius 2 is 1.31 bits per heavy atom. The summed E-state index contributed by atoms with van der Waals surface area (Å²) in [6.07, 6.45) is 1.27. The van der Waals surface area contributed by atoms with Crippen LogP contribution in [-0.2, 0) is 10.0 Å². The van der Waals surface area contributed by atoms with Gasteiger partial charge in [-0.25, -0.2) is 8.42 Å². The molecule has 6 nitrogen and oxygen atoms in total. The van der Waals surface area contributed by atoms with Crippen molar-refractivity contribution in [2.24, 2.45) is 5.92 Å². The van der Waals surface area contributed by atoms with Crippen LogP contribution in [0.3, 0.4) is 0 Å². The van der Waals surface area contributed by atoms with Crippen molar-refractivity contribution in [3.05, 3.63) is 96.1 Å². The van der Waals surface area contributed by atoms with E-state index in [1.807, 2.05) is 30.3 Å². The molecule has 32 heavy (non-hydrogen) atoms. The number of carbonyl (C=O) groups excluding carboxylic acids is 2. The van der Waals surface area contributed by atoms with Crippen molar-refractivity contribution >= 4 is 27.4 Å². The van der Waals surface area contributed by atoms with Gasteiger partial charge in [0.05, 0.1) is 4.90 Å². The minimum absolute atomic E-state index is 0.0729. The lowest BCUT2D eigenvalue weighted by Crippen LogP contribution is -2.40. The van der Waals surface area contributed by atoms with Crippen LogP contribution in [0.25, 0.3) is 0 Å². The molecule has 1 saturated heterocycles. The SMILES string of the molecule is O=C(c1ccccc1)C1CCN(C(=O)c2ccc(NS(=O)(=O)c3ccccc3)cc2)CC1. The van der Waals surface area contributed by atoms with Gasteiger partial charge in [0, 0.05) is 35.8 Å². The molecule has 1 aliphatic rings. The van der Waals surface area contributed by atoms with Crippen molar-refractivity contribution in [2.45, 2.75) is 17.7 Å². The third-order valence-corrected chi connectivity index (χ3v) is 7.05. The number of likely N-dealkylation sites (tertiary alicyclic amines) is 1. The van der Waals surface area contributed by atoms with Gasteiger partial charge in [-0.15, -0.1) is 0 Å². The molecule has 1 fully saturated rings. The first-order chi connectivity index (χ1) is 15.4. The van der Waals surface area contributed by atoms with Crippen molar-refractivity contribution < 1.29 is 18.0 Å². The summed E-state index contributed by atoms with van der Waals surface area (Å²) < 4.78 is 27.4. The predicted molar refractivity (Wildman–Crippen MR) is 123 cm³/mol. The van der Waals surface area contributed by atoms with E-state index in [1.54, 1.807) is 47.4 Å². The van der Waals surface area contributed by atoms with Gasteiger partial charge in [0.2, 0.25) is 0 Å². The molecule has 1 heterocycles. The smallest absolute Gasteiger partial charge is 0.261 e. The van der Waals surface area contributed by atoms with Crippen LogP contribution in [0.15, 0.2) is 89.8 Å². The molecule has 0 unspecified atom stereocenters. The summed E-state index contributed by atoms with van der Waals surface area (Å²) in [5.41, 5.74) is 1.59. The Bertz CT molecular complexity index is 1190. The zero-order valence-corrected chi connectivity index (χ0v) is 18.3. The number of sulfonamides is 1. The first-order valence-electron chi connectivity index (χ1n) is 10.5. The van der Waals surface area contributed by atoms with Gasteiger partial charge in [-0.3, -0.25) is 14.3 Å². The van der Waals surface area contributed by atoms with Crippen LogP contribution in [0, 0.1) is 5.92 Å². The van der Waals surface area contributed by atoms with E-state index in [4.69, 9.17) is 0 Å². The minimum atomic E-state index is -3.68. The number of nitrogens with one attached hydrogen (secondary N) is 1. The van der Waals surface area contributed by atoms with E-state index in [0.29, 0.717) is 42.7 Å². The molecule has 0 saturated carbocycles. The lowest BCUT2D eigenvalue weighted by Gasteiger charge is -2.31. The summed E-state index contributed by atoms with van der Waals surface area (Å²) in [5, 5.41) is 0. The van der Waals surface area contributed by atoms with Crippen LogP contribution >= 0.6 is 0 Å². The highest BCUT2D eigenvalue weighted by Crippen LogP contribution is 2.24. The average molecular weight is 449 g/mol. The van der Waals surface area contributed by atoms with Gasteiger partial charge in [-0.05, 0) is 49.2 Å². The summed E-state index contributed by atoms with van der Waals surface area (Å²) in [6.45, 7) is 1.04. The first kappa shape index (κ1) is 21.8. The third kappa shape index (κ3) is 4.89. The number of nitrogens with zero attached hydrogens (tertiary/aromatic N) is 1. The van der Waals surface area contributed by atoms with E-state index >= 15 is 0 Å². The number of carbonyl (C=O) groups is 2. The molecule has 0 bridgehead atoms. The maximum Gasteiger partial charge on any atom is 0.261 e. The predicted octanol–water partition coefficient (Wildman–Crippen LogP) is 4.22. The Balaban J connectivity index is 1.36. The monoisotopic (exact) mass is 448 g/mol. The van der Waals surface area contributed by atoms with Gasteiger partial charge < -0.3 is 4.90 Å². The van der Waals surface area contributed by atoms with Crippen LogP contribution in [0.5, 0.6) is 0 Å². The normalized spacial score (nSPS) is 14.7. The number of hydrogen-bond acceptors (Lipinski definition) is 4. The molecule has 1 amide bonds. The van der Waals surface area contributed by atoms with E-state index < -0.39 is 10.0 Å². The number of benzene rings is 3. The molecular formula is C25H24N2O4S. The van der Waals surface area contributed by atoms with Crippen LogP contribution in [-0.4, -0.2) is 38.1 Å². The van der Waals surface area contributed by atoms with Gasteiger partial charge in [0.15, 0.2) is 5.78 Å². The lowest BCUT2D eigenvalue weighted by atomic mass is 9.88. The maximum absolute atomic E-state index is 12.9. The molecule has 0 aromatic heterocycles. The first-order valence-corrected chi connectivity index (χ1v) is 12.0. The average Bonchev–Trinajstić information content (AvgIpc) is 2.84. The summed E-state index contributed by atoms with van der Waals surface area (Å²) in [7, 11) is -3.68. The number of amides is 1. The van der Waals surface area contributed by atoms with Crippen molar-refractivity contribution in [3.8, 4) is 0 Å². The summed E-state index contributed by atoms with van der Waals surface area (Å²) in [5.74, 6) is -0.0583. The fourth-order valence-corrected chi connectivity index (χ4v) is 4.94. The van der Waals surface area contributed by atoms with Gasteiger partial charge in [0.25, 0.3) is 15.9 Å². The zero-order valence-electron chi connectivity index (χ0n) is 17.5. The molecule has 1 aliphatic heterocycles. The van der Waals surface area contributed by atoms with E-state index in [1.165, 1.54) is 12.1 Å². The fraction of sp³-hybridized carbons (Fsp3) is 0.200. The Morgan fingerprint density at radius 3 is 1.91 bits per heavy atom. The van der Waals surface area contributed by atoms with E-state index in [9.17, 15) is 18.0 Å². The quantitative estimate of drug-likeness (QED) is 0.572. The summed E-state index contributed by atoms with van der Waals surface area (Å²) in [4.78, 5) is 27.4. The number of ketones is 1. The molecular weight excluding hydrogens is 424 g/mol. The van der Waals surface area contributed by atoms with Crippen LogP contribution in [0.4, 0.5) is 5.69 Å². The van der Waals surface area contributed by atoms with E-state index in [0.717, 1.165) is 0 Å². The standard InChI is InChI=1S/C25H24N2O4S/c28-24(19-7-3-1-4-8-19)20-15-17-27(18-16-20)25(29)21-11-13-22(14-12-21)26-32(30,31)23-9-5-2-6-10-23/h1-14,20,26H,15-18H2. The Labute approximate surface area is 187 Å². The van der Waals surface area contributed by atoms with E-state index in [2.05, 4.69) is 4.72 Å². The highest BCUT2D eigenvalue weighted by atomic mass is 32.2. The number of anilines is 1. The van der Waals surface area contributed by atoms with Crippen molar-refractivity contribution in [1.82, 2.24) is 4.90 Å². The second kappa shape index (κ2) is 9.36. The summed E-state index contributed by atoms with van der Waals surface area (Å²) >= 11 is 0. The summed E-state index contributed by atoms with van der Waals surface area (Å²) in [6, 6.07) is 23.8. The number of Topliss-reactive ketones (excluding diaryl/α,β-unsaturated/α-hetero) is 1. The molecule has 3 aromatic carbocycles. The van der Waals surface area contributed by atoms with Crippen LogP contribution < -0.4 is 4.72 Å². The Kier molecular flexibility index (Phi) is 6.37. The molecule has 0 atom stereocenters. The van der Waals surface area contributed by atoms with Gasteiger partial charge in [-0.1, -0.05) is 48.5 Å². The third-order valence-electron chi connectivity index (χ3n) is 5.65. The van der Waals surface area contributed by atoms with Gasteiger partial charge >= 0.3 is 0 Å². The van der Waals surface area contributed by atoms with Gasteiger partial charge in [0.1, 0.15) is 0 Å². The Morgan fingerprint density at radius 1 is 0.750 bits per heavy atom. The van der Waals surface area contributed by atoms with Crippen molar-refractivity contribution in [2.75, 3.05) is 17.8 Å². The number of hydrogen-bond donors (Lipinski definition) is 1. The lowest BCUT2D eigenvalue weighted by molar-refractivity contribution is 0.0650. The van der Waals surface area contributed by atoms with Crippen LogP contribution in [0.1, 0.15) is 33.6 Å². The van der Waals surface area contributed by atoms with Crippen molar-refractivity contribution in [1.29, 1.82) is 0 Å². The highest BCUT2D eigenvalue weighted by molar-refractivity contribution is 7.92. The minimum Gasteiger partial charge on any atom is -0.339 e. The molecule has 0 spiro atoms. The molecule has 0 radical (unpaired) electrons. The molecule has 1 N–H and O–H groups in total. The van der Waals surface area contributed by atoms with E-state index in [-0.39, 0.29) is 22.5 Å². The van der Waals surface area contributed by atoms with Gasteiger partial charge in [-0.2, -0.15) is 0 Å². The van der Waals surface area contributed by atoms with Crippen LogP contribution in [0.2, 0.25) is 0 Å². The second-order valence-electron chi connectivity index (χ2n) is 7.79. The fourth-order valence-electron chi connectivity index (χ4n) is 3.86. The highest BCUT2D eigenvalue weighted by Gasteiger charge is 2.28. The number of piperidine rings is 1. The molecule has 164 valence electrons. The molecule has 0 aliphatic carbocycles. The maximum atomic E-state index is 12.9. The molecule has 3 aromatic rings. The molecule has 4 rings (SSSR count). The number of rotatable bonds is 6. The molecule has 7 heteroatoms. The zero-order chi connectivity index (χ0) is 22.6. The van der Waals surface area contributed by atoms with Crippen molar-refractivity contribution in [3.63, 3.8) is 0 Å². The topological polar surface area (TPSA) is 83.6 Å². The largest absolute Gasteiger partial charge is 0.339 e.